The summed E-state index contributed by atoms with van der Waals surface area (Å²) in [4.78, 5) is 13.3. The van der Waals surface area contributed by atoms with Crippen molar-refractivity contribution in [3.63, 3.8) is 0 Å². The Labute approximate surface area is 127 Å². The van der Waals surface area contributed by atoms with Gasteiger partial charge in [-0.25, -0.2) is 0 Å². The van der Waals surface area contributed by atoms with Crippen LogP contribution in [0, 0.1) is 13.8 Å². The first-order valence-electron chi connectivity index (χ1n) is 6.85. The van der Waals surface area contributed by atoms with E-state index in [0.717, 1.165) is 16.0 Å². The highest BCUT2D eigenvalue weighted by atomic mass is 19.4. The van der Waals surface area contributed by atoms with E-state index < -0.39 is 30.8 Å². The molecule has 0 aliphatic carbocycles. The molecule has 0 bridgehead atoms. The predicted molar refractivity (Wildman–Crippen MR) is 78.7 cm³/mol. The highest BCUT2D eigenvalue weighted by Gasteiger charge is 2.39. The predicted octanol–water partition coefficient (Wildman–Crippen LogP) is 2.49. The smallest absolute Gasteiger partial charge is 0.382 e. The van der Waals surface area contributed by atoms with Gasteiger partial charge in [-0.2, -0.15) is 13.2 Å². The molecule has 1 aromatic carbocycles. The topological polar surface area (TPSA) is 52.6 Å². The number of alkyl halides is 3. The summed E-state index contributed by atoms with van der Waals surface area (Å²) in [6.45, 7) is 4.59. The largest absolute Gasteiger partial charge is 0.415 e. The maximum Gasteiger partial charge on any atom is 0.415 e. The van der Waals surface area contributed by atoms with Crippen molar-refractivity contribution in [1.82, 2.24) is 4.90 Å². The van der Waals surface area contributed by atoms with Gasteiger partial charge in [-0.05, 0) is 39.4 Å². The molecule has 0 radical (unpaired) electrons. The number of anilines is 1. The Hall–Kier alpha value is -1.60. The van der Waals surface area contributed by atoms with E-state index in [-0.39, 0.29) is 0 Å². The second-order valence-corrected chi connectivity index (χ2v) is 5.48. The number of aliphatic hydroxyl groups is 1. The minimum absolute atomic E-state index is 0.427. The molecule has 7 heteroatoms. The van der Waals surface area contributed by atoms with Crippen molar-refractivity contribution in [3.05, 3.63) is 29.3 Å². The first kappa shape index (κ1) is 18.4. The molecule has 0 aliphatic rings. The molecule has 0 saturated heterocycles. The van der Waals surface area contributed by atoms with Gasteiger partial charge in [0, 0.05) is 12.2 Å². The Balaban J connectivity index is 2.68. The van der Waals surface area contributed by atoms with Crippen LogP contribution < -0.4 is 5.32 Å². The van der Waals surface area contributed by atoms with E-state index in [1.54, 1.807) is 6.07 Å². The van der Waals surface area contributed by atoms with Crippen LogP contribution >= 0.6 is 0 Å². The Morgan fingerprint density at radius 1 is 1.36 bits per heavy atom. The molecule has 0 aliphatic heterocycles. The van der Waals surface area contributed by atoms with E-state index in [0.29, 0.717) is 5.69 Å². The van der Waals surface area contributed by atoms with Crippen molar-refractivity contribution in [2.45, 2.75) is 39.1 Å². The van der Waals surface area contributed by atoms with E-state index in [1.165, 1.54) is 14.0 Å². The molecule has 2 atom stereocenters. The monoisotopic (exact) mass is 318 g/mol. The zero-order valence-corrected chi connectivity index (χ0v) is 13.0. The average Bonchev–Trinajstić information content (AvgIpc) is 2.39. The second kappa shape index (κ2) is 7.11. The lowest BCUT2D eigenvalue weighted by Crippen LogP contribution is -2.46. The first-order chi connectivity index (χ1) is 10.0. The van der Waals surface area contributed by atoms with E-state index in [9.17, 15) is 18.0 Å². The number of amides is 1. The van der Waals surface area contributed by atoms with Crippen LogP contribution in [0.1, 0.15) is 18.1 Å². The van der Waals surface area contributed by atoms with E-state index >= 15 is 0 Å². The van der Waals surface area contributed by atoms with Crippen LogP contribution in [-0.2, 0) is 4.79 Å². The van der Waals surface area contributed by atoms with Gasteiger partial charge in [-0.1, -0.05) is 17.7 Å². The fraction of sp³-hybridized carbons (Fsp3) is 0.533. The molecule has 0 saturated carbocycles. The number of halogens is 3. The average molecular weight is 318 g/mol. The molecule has 1 aromatic rings. The number of rotatable bonds is 5. The van der Waals surface area contributed by atoms with Gasteiger partial charge < -0.3 is 10.4 Å². The summed E-state index contributed by atoms with van der Waals surface area (Å²) in [7, 11) is 1.36. The molecule has 124 valence electrons. The molecule has 0 heterocycles. The highest BCUT2D eigenvalue weighted by molar-refractivity contribution is 5.95. The molecule has 1 amide bonds. The normalized spacial score (nSPS) is 14.8. The van der Waals surface area contributed by atoms with Gasteiger partial charge >= 0.3 is 6.18 Å². The Morgan fingerprint density at radius 2 is 1.95 bits per heavy atom. The number of likely N-dealkylation sites (N-methyl/N-ethyl adjacent to an activating group) is 1. The van der Waals surface area contributed by atoms with Crippen LogP contribution in [0.3, 0.4) is 0 Å². The zero-order chi connectivity index (χ0) is 17.1. The molecule has 0 fully saturated rings. The van der Waals surface area contributed by atoms with Gasteiger partial charge in [0.05, 0.1) is 6.04 Å². The molecule has 2 N–H and O–H groups in total. The van der Waals surface area contributed by atoms with E-state index in [4.69, 9.17) is 5.11 Å². The van der Waals surface area contributed by atoms with Gasteiger partial charge in [0.1, 0.15) is 0 Å². The number of carbonyl (C=O) groups is 1. The number of aliphatic hydroxyl groups excluding tert-OH is 1. The molecule has 2 unspecified atom stereocenters. The van der Waals surface area contributed by atoms with Crippen LogP contribution in [0.5, 0.6) is 0 Å². The molecule has 1 rings (SSSR count). The number of aryl methyl sites for hydroxylation is 2. The van der Waals surface area contributed by atoms with E-state index in [2.05, 4.69) is 5.32 Å². The summed E-state index contributed by atoms with van der Waals surface area (Å²) in [6.07, 6.45) is -7.17. The Kier molecular flexibility index (Phi) is 5.96. The third kappa shape index (κ3) is 4.99. The van der Waals surface area contributed by atoms with Crippen LogP contribution in [-0.4, -0.2) is 47.8 Å². The summed E-state index contributed by atoms with van der Waals surface area (Å²) >= 11 is 0. The van der Waals surface area contributed by atoms with Crippen molar-refractivity contribution in [1.29, 1.82) is 0 Å². The summed E-state index contributed by atoms with van der Waals surface area (Å²) in [5.74, 6) is -0.427. The Bertz CT molecular complexity index is 532. The van der Waals surface area contributed by atoms with Gasteiger partial charge in [0.25, 0.3) is 0 Å². The molecular formula is C15H21F3N2O2. The summed E-state index contributed by atoms with van der Waals surface area (Å²) < 4.78 is 37.0. The lowest BCUT2D eigenvalue weighted by atomic mass is 10.1. The van der Waals surface area contributed by atoms with Crippen molar-refractivity contribution in [2.75, 3.05) is 18.9 Å². The minimum atomic E-state index is -4.70. The standard InChI is InChI=1S/C15H21F3N2O2/c1-9-5-6-12(10(2)7-9)19-14(22)11(3)20(4)8-13(21)15(16,17)18/h5-7,11,13,21H,8H2,1-4H3,(H,19,22). The third-order valence-corrected chi connectivity index (χ3v) is 3.52. The van der Waals surface area contributed by atoms with Crippen molar-refractivity contribution < 1.29 is 23.1 Å². The van der Waals surface area contributed by atoms with Gasteiger partial charge in [0.15, 0.2) is 6.10 Å². The molecular weight excluding hydrogens is 297 g/mol. The number of nitrogens with zero attached hydrogens (tertiary/aromatic N) is 1. The minimum Gasteiger partial charge on any atom is -0.382 e. The number of nitrogens with one attached hydrogen (secondary N) is 1. The van der Waals surface area contributed by atoms with Crippen LogP contribution in [0.4, 0.5) is 18.9 Å². The summed E-state index contributed by atoms with van der Waals surface area (Å²) in [5.41, 5.74) is 2.54. The van der Waals surface area contributed by atoms with Crippen LogP contribution in [0.2, 0.25) is 0 Å². The lowest BCUT2D eigenvalue weighted by Gasteiger charge is -2.27. The third-order valence-electron chi connectivity index (χ3n) is 3.52. The van der Waals surface area contributed by atoms with Crippen molar-refractivity contribution in [3.8, 4) is 0 Å². The number of carbonyl (C=O) groups excluding carboxylic acids is 1. The van der Waals surface area contributed by atoms with E-state index in [1.807, 2.05) is 26.0 Å². The number of hydrogen-bond acceptors (Lipinski definition) is 3. The SMILES string of the molecule is Cc1ccc(NC(=O)C(C)N(C)CC(O)C(F)(F)F)c(C)c1. The quantitative estimate of drug-likeness (QED) is 0.877. The molecule has 0 spiro atoms. The van der Waals surface area contributed by atoms with Crippen molar-refractivity contribution in [2.24, 2.45) is 0 Å². The van der Waals surface area contributed by atoms with Gasteiger partial charge in [0.2, 0.25) is 5.91 Å². The van der Waals surface area contributed by atoms with Crippen molar-refractivity contribution >= 4 is 11.6 Å². The van der Waals surface area contributed by atoms with Crippen LogP contribution in [0.25, 0.3) is 0 Å². The summed E-state index contributed by atoms with van der Waals surface area (Å²) in [6, 6.07) is 4.68. The lowest BCUT2D eigenvalue weighted by molar-refractivity contribution is -0.208. The highest BCUT2D eigenvalue weighted by Crippen LogP contribution is 2.21. The number of hydrogen-bond donors (Lipinski definition) is 2. The van der Waals surface area contributed by atoms with Crippen LogP contribution in [0.15, 0.2) is 18.2 Å². The molecule has 0 aromatic heterocycles. The fourth-order valence-electron chi connectivity index (χ4n) is 1.93. The zero-order valence-electron chi connectivity index (χ0n) is 13.0. The maximum absolute atomic E-state index is 12.3. The Morgan fingerprint density at radius 3 is 2.45 bits per heavy atom. The van der Waals surface area contributed by atoms with Gasteiger partial charge in [-0.3, -0.25) is 9.69 Å². The first-order valence-corrected chi connectivity index (χ1v) is 6.85. The number of benzene rings is 1. The summed E-state index contributed by atoms with van der Waals surface area (Å²) in [5, 5.41) is 11.7. The molecule has 4 nitrogen and oxygen atoms in total. The molecule has 22 heavy (non-hydrogen) atoms. The fourth-order valence-corrected chi connectivity index (χ4v) is 1.93. The van der Waals surface area contributed by atoms with Gasteiger partial charge in [-0.15, -0.1) is 0 Å². The second-order valence-electron chi connectivity index (χ2n) is 5.48. The maximum atomic E-state index is 12.3.